The zero-order chi connectivity index (χ0) is 13.7. The summed E-state index contributed by atoms with van der Waals surface area (Å²) in [5.74, 6) is 0.854. The second kappa shape index (κ2) is 7.34. The maximum Gasteiger partial charge on any atom is 0.148 e. The number of halogens is 1. The maximum absolute atomic E-state index is 12.0. The second-order valence-corrected chi connectivity index (χ2v) is 6.81. The van der Waals surface area contributed by atoms with Crippen LogP contribution < -0.4 is 0 Å². The maximum atomic E-state index is 12.0. The lowest BCUT2D eigenvalue weighted by Crippen LogP contribution is -2.12. The summed E-state index contributed by atoms with van der Waals surface area (Å²) in [6.07, 6.45) is 1.36. The Balaban J connectivity index is 2.77. The first-order chi connectivity index (χ1) is 8.49. The summed E-state index contributed by atoms with van der Waals surface area (Å²) in [7, 11) is 0. The molecule has 0 amide bonds. The van der Waals surface area contributed by atoms with Gasteiger partial charge in [0.25, 0.3) is 0 Å². The van der Waals surface area contributed by atoms with Crippen LogP contribution in [0.25, 0.3) is 0 Å². The van der Waals surface area contributed by atoms with E-state index in [0.29, 0.717) is 17.4 Å². The average Bonchev–Trinajstić information content (AvgIpc) is 2.63. The smallest absolute Gasteiger partial charge is 0.148 e. The highest BCUT2D eigenvalue weighted by Gasteiger charge is 2.16. The molecule has 0 radical (unpaired) electrons. The van der Waals surface area contributed by atoms with Crippen LogP contribution in [0.3, 0.4) is 0 Å². The fourth-order valence-electron chi connectivity index (χ4n) is 1.68. The van der Waals surface area contributed by atoms with Crippen LogP contribution in [-0.4, -0.2) is 26.6 Å². The minimum Gasteiger partial charge on any atom is -0.298 e. The Bertz CT molecular complexity index is 415. The van der Waals surface area contributed by atoms with E-state index in [-0.39, 0.29) is 5.78 Å². The molecule has 0 N–H and O–H groups in total. The van der Waals surface area contributed by atoms with Gasteiger partial charge in [0.2, 0.25) is 0 Å². The molecule has 18 heavy (non-hydrogen) atoms. The molecule has 0 aliphatic heterocycles. The SMILES string of the molecule is CCc1nn(CC)c(CC(=O)CSC(C)C)c1Br. The Hall–Kier alpha value is -0.290. The van der Waals surface area contributed by atoms with Crippen molar-refractivity contribution in [1.82, 2.24) is 9.78 Å². The summed E-state index contributed by atoms with van der Waals surface area (Å²) >= 11 is 5.27. The molecule has 0 saturated heterocycles. The quantitative estimate of drug-likeness (QED) is 0.766. The first-order valence-corrected chi connectivity index (χ1v) is 8.21. The van der Waals surface area contributed by atoms with Crippen molar-refractivity contribution in [2.24, 2.45) is 0 Å². The molecule has 0 bridgehead atoms. The van der Waals surface area contributed by atoms with E-state index in [1.54, 1.807) is 11.8 Å². The second-order valence-electron chi connectivity index (χ2n) is 4.45. The minimum atomic E-state index is 0.270. The van der Waals surface area contributed by atoms with Crippen LogP contribution in [0.2, 0.25) is 0 Å². The molecule has 0 saturated carbocycles. The Morgan fingerprint density at radius 3 is 2.61 bits per heavy atom. The summed E-state index contributed by atoms with van der Waals surface area (Å²) in [5, 5.41) is 5.01. The van der Waals surface area contributed by atoms with Gasteiger partial charge >= 0.3 is 0 Å². The highest BCUT2D eigenvalue weighted by atomic mass is 79.9. The van der Waals surface area contributed by atoms with Gasteiger partial charge in [0.1, 0.15) is 5.78 Å². The fraction of sp³-hybridized carbons (Fsp3) is 0.692. The van der Waals surface area contributed by atoms with Gasteiger partial charge in [0.15, 0.2) is 0 Å². The van der Waals surface area contributed by atoms with E-state index >= 15 is 0 Å². The van der Waals surface area contributed by atoms with E-state index in [1.807, 2.05) is 4.68 Å². The Morgan fingerprint density at radius 2 is 2.11 bits per heavy atom. The molecule has 0 aromatic carbocycles. The van der Waals surface area contributed by atoms with E-state index in [2.05, 4.69) is 48.7 Å². The third-order valence-electron chi connectivity index (χ3n) is 2.64. The predicted octanol–water partition coefficient (Wildman–Crippen LogP) is 3.48. The summed E-state index contributed by atoms with van der Waals surface area (Å²) in [5.41, 5.74) is 2.06. The van der Waals surface area contributed by atoms with Crippen molar-refractivity contribution in [3.05, 3.63) is 15.9 Å². The lowest BCUT2D eigenvalue weighted by molar-refractivity contribution is -0.116. The highest BCUT2D eigenvalue weighted by molar-refractivity contribution is 9.10. The molecule has 3 nitrogen and oxygen atoms in total. The number of Topliss-reactive ketones (excluding diaryl/α,β-unsaturated/α-hetero) is 1. The number of ketones is 1. The van der Waals surface area contributed by atoms with Crippen molar-refractivity contribution >= 4 is 33.5 Å². The van der Waals surface area contributed by atoms with Crippen LogP contribution in [0.5, 0.6) is 0 Å². The minimum absolute atomic E-state index is 0.270. The summed E-state index contributed by atoms with van der Waals surface area (Å²) in [6.45, 7) is 9.15. The number of thioether (sulfide) groups is 1. The van der Waals surface area contributed by atoms with Gasteiger partial charge < -0.3 is 0 Å². The monoisotopic (exact) mass is 332 g/mol. The number of aromatic nitrogens is 2. The number of nitrogens with zero attached hydrogens (tertiary/aromatic N) is 2. The van der Waals surface area contributed by atoms with Crippen LogP contribution in [0, 0.1) is 0 Å². The standard InChI is InChI=1S/C13H21BrN2OS/c1-5-11-13(14)12(16(6-2)15-11)7-10(17)8-18-9(3)4/h9H,5-8H2,1-4H3. The number of carbonyl (C=O) groups excluding carboxylic acids is 1. The van der Waals surface area contributed by atoms with Crippen LogP contribution in [0.1, 0.15) is 39.1 Å². The van der Waals surface area contributed by atoms with Crippen molar-refractivity contribution in [1.29, 1.82) is 0 Å². The van der Waals surface area contributed by atoms with E-state index in [9.17, 15) is 4.79 Å². The first-order valence-electron chi connectivity index (χ1n) is 6.36. The van der Waals surface area contributed by atoms with Crippen molar-refractivity contribution in [3.8, 4) is 0 Å². The molecular formula is C13H21BrN2OS. The molecule has 0 fully saturated rings. The van der Waals surface area contributed by atoms with E-state index in [0.717, 1.165) is 28.8 Å². The Labute approximate surface area is 122 Å². The zero-order valence-electron chi connectivity index (χ0n) is 11.5. The number of aryl methyl sites for hydroxylation is 2. The van der Waals surface area contributed by atoms with Gasteiger partial charge in [-0.3, -0.25) is 9.48 Å². The zero-order valence-corrected chi connectivity index (χ0v) is 13.9. The first kappa shape index (κ1) is 15.8. The Morgan fingerprint density at radius 1 is 1.44 bits per heavy atom. The highest BCUT2D eigenvalue weighted by Crippen LogP contribution is 2.23. The largest absolute Gasteiger partial charge is 0.298 e. The van der Waals surface area contributed by atoms with Gasteiger partial charge in [-0.25, -0.2) is 0 Å². The van der Waals surface area contributed by atoms with Crippen LogP contribution in [0.4, 0.5) is 0 Å². The lowest BCUT2D eigenvalue weighted by Gasteiger charge is -2.06. The van der Waals surface area contributed by atoms with Crippen molar-refractivity contribution in [2.45, 2.75) is 52.3 Å². The molecular weight excluding hydrogens is 312 g/mol. The average molecular weight is 333 g/mol. The molecule has 0 spiro atoms. The van der Waals surface area contributed by atoms with Gasteiger partial charge in [-0.15, -0.1) is 0 Å². The summed E-state index contributed by atoms with van der Waals surface area (Å²) in [4.78, 5) is 12.0. The van der Waals surface area contributed by atoms with Gasteiger partial charge in [-0.2, -0.15) is 16.9 Å². The van der Waals surface area contributed by atoms with Gasteiger partial charge in [-0.05, 0) is 34.5 Å². The van der Waals surface area contributed by atoms with Gasteiger partial charge in [0.05, 0.1) is 28.0 Å². The molecule has 1 rings (SSSR count). The number of hydrogen-bond acceptors (Lipinski definition) is 3. The summed E-state index contributed by atoms with van der Waals surface area (Å²) in [6, 6.07) is 0. The predicted molar refractivity (Wildman–Crippen MR) is 81.3 cm³/mol. The molecule has 0 aliphatic rings. The van der Waals surface area contributed by atoms with Gasteiger partial charge in [0, 0.05) is 6.54 Å². The third kappa shape index (κ3) is 4.12. The third-order valence-corrected chi connectivity index (χ3v) is 4.71. The van der Waals surface area contributed by atoms with Crippen LogP contribution in [-0.2, 0) is 24.2 Å². The van der Waals surface area contributed by atoms with Crippen molar-refractivity contribution in [3.63, 3.8) is 0 Å². The van der Waals surface area contributed by atoms with Gasteiger partial charge in [-0.1, -0.05) is 20.8 Å². The fourth-order valence-corrected chi connectivity index (χ4v) is 3.01. The Kier molecular flexibility index (Phi) is 6.43. The topological polar surface area (TPSA) is 34.9 Å². The molecule has 1 heterocycles. The molecule has 0 unspecified atom stereocenters. The molecule has 102 valence electrons. The van der Waals surface area contributed by atoms with Crippen LogP contribution >= 0.6 is 27.7 Å². The molecule has 5 heteroatoms. The molecule has 0 atom stereocenters. The summed E-state index contributed by atoms with van der Waals surface area (Å²) < 4.78 is 2.94. The van der Waals surface area contributed by atoms with Crippen molar-refractivity contribution < 1.29 is 4.79 Å². The van der Waals surface area contributed by atoms with Crippen LogP contribution in [0.15, 0.2) is 4.47 Å². The number of hydrogen-bond donors (Lipinski definition) is 0. The molecule has 0 aliphatic carbocycles. The van der Waals surface area contributed by atoms with E-state index < -0.39 is 0 Å². The van der Waals surface area contributed by atoms with E-state index in [1.165, 1.54) is 0 Å². The molecule has 1 aromatic heterocycles. The number of rotatable bonds is 7. The molecule has 1 aromatic rings. The lowest BCUT2D eigenvalue weighted by atomic mass is 10.2. The number of carbonyl (C=O) groups is 1. The van der Waals surface area contributed by atoms with E-state index in [4.69, 9.17) is 0 Å². The van der Waals surface area contributed by atoms with Crippen molar-refractivity contribution in [2.75, 3.05) is 5.75 Å². The normalized spacial score (nSPS) is 11.2.